The topological polar surface area (TPSA) is 20.3 Å². The van der Waals surface area contributed by atoms with E-state index in [9.17, 15) is 26.7 Å². The number of carbonyl (C=O) groups excluding carboxylic acids is 1. The molecule has 0 aliphatic carbocycles. The lowest BCUT2D eigenvalue weighted by molar-refractivity contribution is -0.268. The number of anilines is 2. The number of rotatable bonds is 3. The number of para-hydroxylation sites is 1. The van der Waals surface area contributed by atoms with Gasteiger partial charge in [0, 0.05) is 11.4 Å². The number of amides is 1. The summed E-state index contributed by atoms with van der Waals surface area (Å²) in [5.41, 5.74) is 0.623. The Kier molecular flexibility index (Phi) is 4.40. The number of carbonyl (C=O) groups is 1. The molecule has 0 spiro atoms. The van der Waals surface area contributed by atoms with Gasteiger partial charge in [-0.05, 0) is 31.2 Å². The fraction of sp³-hybridized carbons (Fsp3) is 0.188. The van der Waals surface area contributed by atoms with E-state index in [4.69, 9.17) is 0 Å². The first-order valence-corrected chi connectivity index (χ1v) is 6.55. The van der Waals surface area contributed by atoms with Gasteiger partial charge in [0.15, 0.2) is 0 Å². The highest BCUT2D eigenvalue weighted by atomic mass is 19.4. The molecule has 0 bridgehead atoms. The predicted molar refractivity (Wildman–Crippen MR) is 75.8 cm³/mol. The number of hydrogen-bond donors (Lipinski definition) is 0. The van der Waals surface area contributed by atoms with Gasteiger partial charge < -0.3 is 0 Å². The first kappa shape index (κ1) is 16.9. The van der Waals surface area contributed by atoms with E-state index in [1.807, 2.05) is 0 Å². The minimum atomic E-state index is -5.97. The molecule has 0 atom stereocenters. The van der Waals surface area contributed by atoms with Crippen LogP contribution in [0.5, 0.6) is 0 Å². The van der Waals surface area contributed by atoms with Crippen LogP contribution in [0.1, 0.15) is 5.56 Å². The Balaban J connectivity index is 2.55. The minimum absolute atomic E-state index is 0.0734. The van der Waals surface area contributed by atoms with Crippen molar-refractivity contribution in [1.29, 1.82) is 0 Å². The molecule has 7 heteroatoms. The summed E-state index contributed by atoms with van der Waals surface area (Å²) in [7, 11) is 0. The first-order chi connectivity index (χ1) is 10.6. The maximum Gasteiger partial charge on any atom is 0.463 e. The van der Waals surface area contributed by atoms with Gasteiger partial charge in [0.1, 0.15) is 0 Å². The SMILES string of the molecule is Cc1ccc(N(C(=O)C(F)(F)C(F)(F)F)c2ccccc2)cc1. The Bertz CT molecular complexity index is 680. The number of aryl methyl sites for hydroxylation is 1. The molecule has 0 aliphatic heterocycles. The lowest BCUT2D eigenvalue weighted by Gasteiger charge is -2.28. The van der Waals surface area contributed by atoms with E-state index >= 15 is 0 Å². The van der Waals surface area contributed by atoms with E-state index in [1.165, 1.54) is 48.5 Å². The average molecular weight is 329 g/mol. The molecule has 2 nitrogen and oxygen atoms in total. The highest BCUT2D eigenvalue weighted by molar-refractivity contribution is 6.05. The number of halogens is 5. The molecule has 0 saturated carbocycles. The summed E-state index contributed by atoms with van der Waals surface area (Å²) in [5.74, 6) is -7.84. The Morgan fingerprint density at radius 1 is 0.826 bits per heavy atom. The lowest BCUT2D eigenvalue weighted by atomic mass is 10.1. The molecule has 2 aromatic carbocycles. The maximum absolute atomic E-state index is 13.5. The van der Waals surface area contributed by atoms with Crippen LogP contribution in [0.3, 0.4) is 0 Å². The van der Waals surface area contributed by atoms with E-state index in [1.54, 1.807) is 13.0 Å². The van der Waals surface area contributed by atoms with Crippen molar-refractivity contribution in [1.82, 2.24) is 0 Å². The van der Waals surface area contributed by atoms with Crippen LogP contribution in [-0.2, 0) is 4.79 Å². The Labute approximate surface area is 129 Å². The van der Waals surface area contributed by atoms with Crippen molar-refractivity contribution in [3.63, 3.8) is 0 Å². The molecule has 0 aliphatic rings. The lowest BCUT2D eigenvalue weighted by Crippen LogP contribution is -2.50. The predicted octanol–water partition coefficient (Wildman–Crippen LogP) is 4.86. The Morgan fingerprint density at radius 3 is 1.78 bits per heavy atom. The van der Waals surface area contributed by atoms with Crippen molar-refractivity contribution in [2.45, 2.75) is 19.0 Å². The van der Waals surface area contributed by atoms with Gasteiger partial charge in [-0.25, -0.2) is 0 Å². The van der Waals surface area contributed by atoms with E-state index in [2.05, 4.69) is 0 Å². The minimum Gasteiger partial charge on any atom is -0.276 e. The first-order valence-electron chi connectivity index (χ1n) is 6.55. The fourth-order valence-electron chi connectivity index (χ4n) is 1.92. The van der Waals surface area contributed by atoms with E-state index in [-0.39, 0.29) is 11.4 Å². The fourth-order valence-corrected chi connectivity index (χ4v) is 1.92. The molecule has 1 amide bonds. The van der Waals surface area contributed by atoms with Crippen molar-refractivity contribution in [3.05, 3.63) is 60.2 Å². The molecule has 0 unspecified atom stereocenters. The number of hydrogen-bond acceptors (Lipinski definition) is 1. The van der Waals surface area contributed by atoms with Crippen LogP contribution in [0.15, 0.2) is 54.6 Å². The molecule has 23 heavy (non-hydrogen) atoms. The third-order valence-corrected chi connectivity index (χ3v) is 3.13. The second kappa shape index (κ2) is 5.98. The van der Waals surface area contributed by atoms with Gasteiger partial charge in [0.2, 0.25) is 0 Å². The largest absolute Gasteiger partial charge is 0.463 e. The summed E-state index contributed by atoms with van der Waals surface area (Å²) in [6, 6.07) is 12.7. The van der Waals surface area contributed by atoms with Crippen molar-refractivity contribution < 1.29 is 26.7 Å². The Morgan fingerprint density at radius 2 is 1.30 bits per heavy atom. The monoisotopic (exact) mass is 329 g/mol. The molecular weight excluding hydrogens is 317 g/mol. The maximum atomic E-state index is 13.5. The number of nitrogens with zero attached hydrogens (tertiary/aromatic N) is 1. The van der Waals surface area contributed by atoms with Gasteiger partial charge >= 0.3 is 18.0 Å². The molecule has 0 aromatic heterocycles. The standard InChI is InChI=1S/C16H12F5NO/c1-11-7-9-13(10-8-11)22(12-5-3-2-4-6-12)14(23)15(17,18)16(19,20)21/h2-10H,1H3. The normalized spacial score (nSPS) is 12.1. The van der Waals surface area contributed by atoms with Crippen LogP contribution in [0.2, 0.25) is 0 Å². The van der Waals surface area contributed by atoms with Crippen LogP contribution in [0, 0.1) is 6.92 Å². The van der Waals surface area contributed by atoms with Gasteiger partial charge in [-0.15, -0.1) is 0 Å². The molecule has 0 N–H and O–H groups in total. The summed E-state index contributed by atoms with van der Waals surface area (Å²) in [6.45, 7) is 1.72. The van der Waals surface area contributed by atoms with Gasteiger partial charge in [0.05, 0.1) is 0 Å². The van der Waals surface area contributed by atoms with E-state index in [0.717, 1.165) is 5.56 Å². The van der Waals surface area contributed by atoms with E-state index in [0.29, 0.717) is 4.90 Å². The highest BCUT2D eigenvalue weighted by Gasteiger charge is 2.65. The average Bonchev–Trinajstić information content (AvgIpc) is 2.49. The smallest absolute Gasteiger partial charge is 0.276 e. The number of benzene rings is 2. The van der Waals surface area contributed by atoms with Gasteiger partial charge in [0.25, 0.3) is 0 Å². The van der Waals surface area contributed by atoms with E-state index < -0.39 is 18.0 Å². The Hall–Kier alpha value is -2.44. The summed E-state index contributed by atoms with van der Waals surface area (Å²) in [5, 5.41) is 0. The van der Waals surface area contributed by atoms with Crippen molar-refractivity contribution in [3.8, 4) is 0 Å². The zero-order valence-electron chi connectivity index (χ0n) is 11.9. The van der Waals surface area contributed by atoms with Crippen molar-refractivity contribution in [2.75, 3.05) is 4.90 Å². The third kappa shape index (κ3) is 3.33. The van der Waals surface area contributed by atoms with Crippen molar-refractivity contribution >= 4 is 17.3 Å². The van der Waals surface area contributed by atoms with Crippen LogP contribution in [-0.4, -0.2) is 18.0 Å². The van der Waals surface area contributed by atoms with Crippen LogP contribution in [0.25, 0.3) is 0 Å². The number of alkyl halides is 5. The quantitative estimate of drug-likeness (QED) is 0.737. The summed E-state index contributed by atoms with van der Waals surface area (Å²) < 4.78 is 64.6. The summed E-state index contributed by atoms with van der Waals surface area (Å²) >= 11 is 0. The summed E-state index contributed by atoms with van der Waals surface area (Å²) in [6.07, 6.45) is -5.97. The molecule has 0 heterocycles. The second-order valence-corrected chi connectivity index (χ2v) is 4.88. The summed E-state index contributed by atoms with van der Waals surface area (Å²) in [4.78, 5) is 12.3. The molecule has 0 radical (unpaired) electrons. The molecule has 2 rings (SSSR count). The second-order valence-electron chi connectivity index (χ2n) is 4.88. The molecule has 2 aromatic rings. The molecule has 0 saturated heterocycles. The zero-order chi connectivity index (χ0) is 17.3. The molecule has 0 fully saturated rings. The molecular formula is C16H12F5NO. The van der Waals surface area contributed by atoms with Crippen LogP contribution >= 0.6 is 0 Å². The third-order valence-electron chi connectivity index (χ3n) is 3.13. The van der Waals surface area contributed by atoms with Crippen molar-refractivity contribution in [2.24, 2.45) is 0 Å². The van der Waals surface area contributed by atoms with Gasteiger partial charge in [-0.2, -0.15) is 22.0 Å². The van der Waals surface area contributed by atoms with Gasteiger partial charge in [-0.1, -0.05) is 35.9 Å². The van der Waals surface area contributed by atoms with Crippen LogP contribution in [0.4, 0.5) is 33.3 Å². The highest BCUT2D eigenvalue weighted by Crippen LogP contribution is 2.40. The molecule has 122 valence electrons. The van der Waals surface area contributed by atoms with Crippen LogP contribution < -0.4 is 4.90 Å². The zero-order valence-corrected chi connectivity index (χ0v) is 11.9. The van der Waals surface area contributed by atoms with Gasteiger partial charge in [-0.3, -0.25) is 9.69 Å².